The van der Waals surface area contributed by atoms with E-state index in [-0.39, 0.29) is 36.7 Å². The Morgan fingerprint density at radius 2 is 1.48 bits per heavy atom. The Hall–Kier alpha value is -5.33. The molecule has 0 aliphatic heterocycles. The number of carbonyl (C=O) groups excluding carboxylic acids is 1. The van der Waals surface area contributed by atoms with Gasteiger partial charge in [-0.25, -0.2) is 9.78 Å². The maximum absolute atomic E-state index is 14.1. The second-order valence-corrected chi connectivity index (χ2v) is 10.9. The number of aromatic nitrogens is 2. The number of fused-ring (bicyclic) bond motifs is 1. The lowest BCUT2D eigenvalue weighted by molar-refractivity contribution is -0.143. The van der Waals surface area contributed by atoms with Gasteiger partial charge >= 0.3 is 18.4 Å². The highest BCUT2D eigenvalue weighted by molar-refractivity contribution is 5.90. The number of amides is 2. The van der Waals surface area contributed by atoms with Crippen molar-refractivity contribution in [1.82, 2.24) is 14.5 Å². The first kappa shape index (κ1) is 34.0. The topological polar surface area (TPSA) is 76.5 Å². The quantitative estimate of drug-likeness (QED) is 0.160. The second kappa shape index (κ2) is 13.8. The normalized spacial score (nSPS) is 12.5. The fraction of sp³-hybridized carbons (Fsp3) is 0.229. The van der Waals surface area contributed by atoms with Gasteiger partial charge in [0.1, 0.15) is 11.6 Å². The minimum Gasteiger partial charge on any atom is -0.495 e. The summed E-state index contributed by atoms with van der Waals surface area (Å²) in [5.74, 6) is 0.450. The first-order valence-electron chi connectivity index (χ1n) is 14.9. The van der Waals surface area contributed by atoms with E-state index in [2.05, 4.69) is 5.32 Å². The van der Waals surface area contributed by atoms with Gasteiger partial charge in [0.15, 0.2) is 0 Å². The van der Waals surface area contributed by atoms with E-state index >= 15 is 0 Å². The standard InChI is InChI=1S/C35H30F6N4O3/c1-3-28(31-43-27-14-8-7-13-26(27)32(46)45(31)29-15-9-10-16-30(29)48-2)44(18-17-22-11-5-4-6-12-22)33(47)42-25-20-23(34(36,37)38)19-24(21-25)35(39,40)41/h4-16,19-21,28H,3,17-18H2,1-2H3,(H,42,47). The fourth-order valence-electron chi connectivity index (χ4n) is 5.48. The summed E-state index contributed by atoms with van der Waals surface area (Å²) in [5, 5.41) is 2.55. The summed E-state index contributed by atoms with van der Waals surface area (Å²) in [7, 11) is 1.43. The van der Waals surface area contributed by atoms with E-state index in [1.807, 2.05) is 12.1 Å². The van der Waals surface area contributed by atoms with Gasteiger partial charge in [-0.2, -0.15) is 26.3 Å². The molecule has 0 radical (unpaired) electrons. The number of nitrogens with zero attached hydrogens (tertiary/aromatic N) is 3. The van der Waals surface area contributed by atoms with Crippen molar-refractivity contribution in [2.75, 3.05) is 19.0 Å². The fourth-order valence-corrected chi connectivity index (χ4v) is 5.48. The van der Waals surface area contributed by atoms with Crippen LogP contribution in [-0.2, 0) is 18.8 Å². The second-order valence-electron chi connectivity index (χ2n) is 10.9. The summed E-state index contributed by atoms with van der Waals surface area (Å²) in [4.78, 5) is 34.2. The number of rotatable bonds is 9. The first-order chi connectivity index (χ1) is 22.8. The summed E-state index contributed by atoms with van der Waals surface area (Å²) >= 11 is 0. The molecule has 1 N–H and O–H groups in total. The van der Waals surface area contributed by atoms with Crippen molar-refractivity contribution in [3.05, 3.63) is 130 Å². The molecule has 1 atom stereocenters. The van der Waals surface area contributed by atoms with Crippen molar-refractivity contribution >= 4 is 22.6 Å². The van der Waals surface area contributed by atoms with Gasteiger partial charge in [0.2, 0.25) is 0 Å². The van der Waals surface area contributed by atoms with Crippen LogP contribution < -0.4 is 15.6 Å². The number of carbonyl (C=O) groups is 1. The lowest BCUT2D eigenvalue weighted by Crippen LogP contribution is -2.42. The molecule has 2 amide bonds. The molecule has 13 heteroatoms. The average Bonchev–Trinajstić information content (AvgIpc) is 3.06. The van der Waals surface area contributed by atoms with Crippen molar-refractivity contribution < 1.29 is 35.9 Å². The molecule has 0 fully saturated rings. The Balaban J connectivity index is 1.67. The number of methoxy groups -OCH3 is 1. The molecule has 0 aliphatic rings. The number of ether oxygens (including phenoxy) is 1. The van der Waals surface area contributed by atoms with Gasteiger partial charge in [-0.3, -0.25) is 9.36 Å². The zero-order valence-electron chi connectivity index (χ0n) is 25.8. The molecule has 5 rings (SSSR count). The van der Waals surface area contributed by atoms with Crippen LogP contribution in [0, 0.1) is 0 Å². The van der Waals surface area contributed by atoms with E-state index in [0.717, 1.165) is 5.56 Å². The van der Waals surface area contributed by atoms with Gasteiger partial charge in [-0.15, -0.1) is 0 Å². The highest BCUT2D eigenvalue weighted by Gasteiger charge is 2.38. The van der Waals surface area contributed by atoms with Gasteiger partial charge < -0.3 is 15.0 Å². The summed E-state index contributed by atoms with van der Waals surface area (Å²) in [6, 6.07) is 21.2. The zero-order valence-corrected chi connectivity index (χ0v) is 25.8. The lowest BCUT2D eigenvalue weighted by atomic mass is 10.1. The molecule has 0 bridgehead atoms. The molecule has 5 aromatic rings. The third-order valence-electron chi connectivity index (χ3n) is 7.77. The summed E-state index contributed by atoms with van der Waals surface area (Å²) in [6.45, 7) is 1.70. The van der Waals surface area contributed by atoms with Crippen LogP contribution in [0.25, 0.3) is 16.6 Å². The molecule has 250 valence electrons. The molecule has 0 spiro atoms. The highest BCUT2D eigenvalue weighted by Crippen LogP contribution is 2.38. The number of nitrogens with one attached hydrogen (secondary N) is 1. The molecular formula is C35H30F6N4O3. The van der Waals surface area contributed by atoms with Crippen LogP contribution in [0.5, 0.6) is 5.75 Å². The van der Waals surface area contributed by atoms with E-state index in [1.54, 1.807) is 73.7 Å². The number of hydrogen-bond acceptors (Lipinski definition) is 4. The summed E-state index contributed by atoms with van der Waals surface area (Å²) in [6.07, 6.45) is -9.79. The largest absolute Gasteiger partial charge is 0.495 e. The molecule has 0 aliphatic carbocycles. The molecule has 48 heavy (non-hydrogen) atoms. The molecule has 4 aromatic carbocycles. The van der Waals surface area contributed by atoms with Gasteiger partial charge in [0.05, 0.1) is 40.9 Å². The average molecular weight is 669 g/mol. The lowest BCUT2D eigenvalue weighted by Gasteiger charge is -2.33. The van der Waals surface area contributed by atoms with Crippen molar-refractivity contribution in [1.29, 1.82) is 0 Å². The summed E-state index contributed by atoms with van der Waals surface area (Å²) < 4.78 is 88.7. The highest BCUT2D eigenvalue weighted by atomic mass is 19.4. The Bertz CT molecular complexity index is 1940. The number of para-hydroxylation sites is 3. The Morgan fingerprint density at radius 1 is 0.875 bits per heavy atom. The molecule has 0 saturated carbocycles. The number of anilines is 1. The number of hydrogen-bond donors (Lipinski definition) is 1. The smallest absolute Gasteiger partial charge is 0.416 e. The van der Waals surface area contributed by atoms with Crippen molar-refractivity contribution in [2.45, 2.75) is 38.2 Å². The molecule has 1 aromatic heterocycles. The number of urea groups is 1. The monoisotopic (exact) mass is 668 g/mol. The number of alkyl halides is 6. The van der Waals surface area contributed by atoms with E-state index in [4.69, 9.17) is 9.72 Å². The van der Waals surface area contributed by atoms with Crippen LogP contribution in [0.3, 0.4) is 0 Å². The van der Waals surface area contributed by atoms with Gasteiger partial charge in [0, 0.05) is 12.2 Å². The van der Waals surface area contributed by atoms with Crippen molar-refractivity contribution in [3.8, 4) is 11.4 Å². The van der Waals surface area contributed by atoms with Crippen LogP contribution in [0.1, 0.15) is 41.9 Å². The van der Waals surface area contributed by atoms with E-state index < -0.39 is 46.8 Å². The molecular weight excluding hydrogens is 638 g/mol. The maximum Gasteiger partial charge on any atom is 0.416 e. The maximum atomic E-state index is 14.1. The molecule has 1 heterocycles. The first-order valence-corrected chi connectivity index (χ1v) is 14.9. The van der Waals surface area contributed by atoms with E-state index in [9.17, 15) is 35.9 Å². The van der Waals surface area contributed by atoms with Crippen LogP contribution in [0.2, 0.25) is 0 Å². The minimum atomic E-state index is -5.11. The van der Waals surface area contributed by atoms with Crippen LogP contribution in [0.15, 0.2) is 102 Å². The third kappa shape index (κ3) is 7.29. The zero-order chi connectivity index (χ0) is 34.6. The predicted octanol–water partition coefficient (Wildman–Crippen LogP) is 8.66. The Labute approximate surface area is 271 Å². The minimum absolute atomic E-state index is 0.0113. The summed E-state index contributed by atoms with van der Waals surface area (Å²) in [5.41, 5.74) is -2.83. The van der Waals surface area contributed by atoms with Gasteiger partial charge in [0.25, 0.3) is 5.56 Å². The molecule has 7 nitrogen and oxygen atoms in total. The van der Waals surface area contributed by atoms with E-state index in [0.29, 0.717) is 29.1 Å². The predicted molar refractivity (Wildman–Crippen MR) is 169 cm³/mol. The Kier molecular flexibility index (Phi) is 9.78. The van der Waals surface area contributed by atoms with Crippen LogP contribution in [0.4, 0.5) is 36.8 Å². The van der Waals surface area contributed by atoms with Crippen LogP contribution >= 0.6 is 0 Å². The number of benzene rings is 4. The van der Waals surface area contributed by atoms with Crippen LogP contribution in [-0.4, -0.2) is 34.1 Å². The Morgan fingerprint density at radius 3 is 2.10 bits per heavy atom. The van der Waals surface area contributed by atoms with Crippen molar-refractivity contribution in [3.63, 3.8) is 0 Å². The van der Waals surface area contributed by atoms with Crippen molar-refractivity contribution in [2.24, 2.45) is 0 Å². The third-order valence-corrected chi connectivity index (χ3v) is 7.77. The molecule has 0 saturated heterocycles. The SMILES string of the molecule is CCC(c1nc2ccccc2c(=O)n1-c1ccccc1OC)N(CCc1ccccc1)C(=O)Nc1cc(C(F)(F)F)cc(C(F)(F)F)c1. The van der Waals surface area contributed by atoms with Gasteiger partial charge in [-0.1, -0.05) is 61.5 Å². The van der Waals surface area contributed by atoms with E-state index in [1.165, 1.54) is 16.6 Å². The van der Waals surface area contributed by atoms with Gasteiger partial charge in [-0.05, 0) is 60.9 Å². The number of halogens is 6. The molecule has 1 unspecified atom stereocenters.